The van der Waals surface area contributed by atoms with Gasteiger partial charge in [-0.3, -0.25) is 0 Å². The maximum Gasteiger partial charge on any atom is 1.00 e. The van der Waals surface area contributed by atoms with Crippen LogP contribution in [-0.2, 0) is 27.2 Å². The topological polar surface area (TPSA) is 184 Å². The zero-order valence-corrected chi connectivity index (χ0v) is 9.69. The molecule has 106 valence electrons. The van der Waals surface area contributed by atoms with Gasteiger partial charge >= 0.3 is 22.4 Å². The van der Waals surface area contributed by atoms with Gasteiger partial charge in [0.2, 0.25) is 0 Å². The van der Waals surface area contributed by atoms with Crippen LogP contribution in [0.3, 0.4) is 0 Å². The van der Waals surface area contributed by atoms with Crippen LogP contribution in [0.15, 0.2) is 0 Å². The summed E-state index contributed by atoms with van der Waals surface area (Å²) in [5, 5.41) is 58.3. The fourth-order valence-electron chi connectivity index (χ4n) is 0.618. The summed E-state index contributed by atoms with van der Waals surface area (Å²) in [4.78, 5) is 18.1. The number of hydrogen-bond acceptors (Lipinski definition) is 9. The van der Waals surface area contributed by atoms with E-state index in [4.69, 9.17) is 40.9 Å². The summed E-state index contributed by atoms with van der Waals surface area (Å²) in [5.41, 5.74) is 0. The minimum atomic E-state index is -1.79. The molecule has 0 unspecified atom stereocenters. The Morgan fingerprint density at radius 3 is 1.71 bits per heavy atom. The van der Waals surface area contributed by atoms with Crippen molar-refractivity contribution in [1.29, 1.82) is 0 Å². The first-order chi connectivity index (χ1) is 7.27. The molecule has 11 heteroatoms. The van der Waals surface area contributed by atoms with Gasteiger partial charge in [-0.15, -0.1) is 0 Å². The van der Waals surface area contributed by atoms with Gasteiger partial charge in [-0.25, -0.2) is 0 Å². The number of aliphatic hydroxyl groups is 5. The molecule has 17 heavy (non-hydrogen) atoms. The van der Waals surface area contributed by atoms with Crippen LogP contribution in [0, 0.1) is 15.3 Å². The second-order valence-electron chi connectivity index (χ2n) is 2.58. The Labute approximate surface area is 111 Å². The molecule has 0 fully saturated rings. The monoisotopic (exact) mass is 349 g/mol. The summed E-state index contributed by atoms with van der Waals surface area (Å²) in [6.45, 7) is -0.760. The summed E-state index contributed by atoms with van der Waals surface area (Å²) >= 11 is 0. The molecule has 5 N–H and O–H groups in total. The maximum atomic E-state index is 9.90. The SMILES string of the molecule is O=C[C@H](O)[C@@H](O)[C@H](O)[C@H](O)CO.O=[N+]([O-])[O-].[Ag+]. The number of hydrogen-bond donors (Lipinski definition) is 5. The molecule has 0 radical (unpaired) electrons. The quantitative estimate of drug-likeness (QED) is 0.144. The van der Waals surface area contributed by atoms with E-state index in [1.807, 2.05) is 0 Å². The third-order valence-electron chi connectivity index (χ3n) is 1.42. The Morgan fingerprint density at radius 1 is 1.12 bits per heavy atom. The van der Waals surface area contributed by atoms with Crippen molar-refractivity contribution < 1.29 is 57.8 Å². The standard InChI is InChI=1S/C6H12O6.Ag.NO3/c7-1-3(9)5(11)6(12)4(10)2-8;;2-1(3)4/h1,3-6,8-12H,2H2;;/q;+1;-1/t3-,4+,5+,6+;;/m0../s1. The van der Waals surface area contributed by atoms with E-state index in [0.717, 1.165) is 0 Å². The van der Waals surface area contributed by atoms with Crippen LogP contribution in [-0.4, -0.2) is 67.9 Å². The summed E-state index contributed by atoms with van der Waals surface area (Å²) in [6, 6.07) is 0. The molecular formula is C6H12AgNO9. The second-order valence-corrected chi connectivity index (χ2v) is 2.58. The van der Waals surface area contributed by atoms with Crippen molar-refractivity contribution in [3.8, 4) is 0 Å². The Balaban J connectivity index is -0.000000340. The molecule has 0 aliphatic carbocycles. The van der Waals surface area contributed by atoms with Crippen LogP contribution in [0.4, 0.5) is 0 Å². The molecule has 0 aromatic carbocycles. The van der Waals surface area contributed by atoms with Crippen molar-refractivity contribution in [2.24, 2.45) is 0 Å². The van der Waals surface area contributed by atoms with Crippen LogP contribution in [0.1, 0.15) is 0 Å². The van der Waals surface area contributed by atoms with Crippen LogP contribution < -0.4 is 0 Å². The molecule has 0 saturated carbocycles. The van der Waals surface area contributed by atoms with Crippen LogP contribution in [0.25, 0.3) is 0 Å². The molecule has 0 rings (SSSR count). The minimum Gasteiger partial charge on any atom is -0.394 e. The van der Waals surface area contributed by atoms with E-state index in [1.165, 1.54) is 0 Å². The minimum absolute atomic E-state index is 0. The first-order valence-corrected chi connectivity index (χ1v) is 3.87. The van der Waals surface area contributed by atoms with Crippen LogP contribution in [0.2, 0.25) is 0 Å². The third-order valence-corrected chi connectivity index (χ3v) is 1.42. The molecule has 0 aliphatic heterocycles. The van der Waals surface area contributed by atoms with Gasteiger partial charge in [0.15, 0.2) is 6.29 Å². The van der Waals surface area contributed by atoms with E-state index in [9.17, 15) is 4.79 Å². The first kappa shape index (κ1) is 21.7. The summed E-state index contributed by atoms with van der Waals surface area (Å²) in [5.74, 6) is 0. The van der Waals surface area contributed by atoms with Gasteiger partial charge in [0.25, 0.3) is 0 Å². The van der Waals surface area contributed by atoms with Gasteiger partial charge < -0.3 is 45.6 Å². The van der Waals surface area contributed by atoms with Crippen molar-refractivity contribution >= 4 is 6.29 Å². The predicted molar refractivity (Wildman–Crippen MR) is 47.5 cm³/mol. The number of aldehydes is 1. The van der Waals surface area contributed by atoms with Gasteiger partial charge in [0, 0.05) is 0 Å². The molecule has 0 heterocycles. The zero-order chi connectivity index (χ0) is 13.3. The zero-order valence-electron chi connectivity index (χ0n) is 8.21. The normalized spacial score (nSPS) is 16.3. The molecule has 4 atom stereocenters. The van der Waals surface area contributed by atoms with Crippen molar-refractivity contribution in [2.45, 2.75) is 24.4 Å². The number of rotatable bonds is 5. The Kier molecular flexibility index (Phi) is 15.1. The number of carbonyl (C=O) groups excluding carboxylic acids is 1. The van der Waals surface area contributed by atoms with Gasteiger partial charge in [0.1, 0.15) is 24.4 Å². The van der Waals surface area contributed by atoms with Crippen molar-refractivity contribution in [3.63, 3.8) is 0 Å². The summed E-state index contributed by atoms with van der Waals surface area (Å²) in [6.07, 6.45) is -6.84. The molecule has 0 aliphatic rings. The van der Waals surface area contributed by atoms with Gasteiger partial charge in [-0.05, 0) is 0 Å². The van der Waals surface area contributed by atoms with E-state index in [2.05, 4.69) is 0 Å². The Morgan fingerprint density at radius 2 is 1.47 bits per heavy atom. The predicted octanol–water partition coefficient (Wildman–Crippen LogP) is -3.62. The van der Waals surface area contributed by atoms with E-state index in [1.54, 1.807) is 0 Å². The van der Waals surface area contributed by atoms with Crippen LogP contribution >= 0.6 is 0 Å². The number of carbonyl (C=O) groups is 1. The van der Waals surface area contributed by atoms with Crippen LogP contribution in [0.5, 0.6) is 0 Å². The van der Waals surface area contributed by atoms with Gasteiger partial charge in [-0.2, -0.15) is 0 Å². The smallest absolute Gasteiger partial charge is 0.394 e. The molecule has 0 aromatic rings. The molecule has 10 nitrogen and oxygen atoms in total. The Bertz CT molecular complexity index is 212. The fourth-order valence-corrected chi connectivity index (χ4v) is 0.618. The van der Waals surface area contributed by atoms with Crippen molar-refractivity contribution in [1.82, 2.24) is 0 Å². The fraction of sp³-hybridized carbons (Fsp3) is 0.833. The molecule has 0 saturated heterocycles. The largest absolute Gasteiger partial charge is 1.00 e. The van der Waals surface area contributed by atoms with E-state index in [0.29, 0.717) is 0 Å². The number of aliphatic hydroxyl groups excluding tert-OH is 5. The number of nitrogens with zero attached hydrogens (tertiary/aromatic N) is 1. The van der Waals surface area contributed by atoms with E-state index >= 15 is 0 Å². The molecule has 0 spiro atoms. The van der Waals surface area contributed by atoms with Gasteiger partial charge in [-0.1, -0.05) is 0 Å². The summed E-state index contributed by atoms with van der Waals surface area (Å²) < 4.78 is 0. The average Bonchev–Trinajstić information content (AvgIpc) is 2.24. The molecule has 0 bridgehead atoms. The molecule has 0 aromatic heterocycles. The van der Waals surface area contributed by atoms with Crippen molar-refractivity contribution in [3.05, 3.63) is 15.3 Å². The van der Waals surface area contributed by atoms with E-state index in [-0.39, 0.29) is 28.7 Å². The second kappa shape index (κ2) is 11.9. The van der Waals surface area contributed by atoms with Gasteiger partial charge in [0.05, 0.1) is 11.7 Å². The van der Waals surface area contributed by atoms with Crippen molar-refractivity contribution in [2.75, 3.05) is 6.61 Å². The average molecular weight is 350 g/mol. The third kappa shape index (κ3) is 11.7. The molecular weight excluding hydrogens is 338 g/mol. The Hall–Kier alpha value is -0.590. The first-order valence-electron chi connectivity index (χ1n) is 3.87. The van der Waals surface area contributed by atoms with E-state index < -0.39 is 36.1 Å². The molecule has 0 amide bonds. The summed E-state index contributed by atoms with van der Waals surface area (Å²) in [7, 11) is 0. The maximum absolute atomic E-state index is 9.90.